The Kier molecular flexibility index (Phi) is 5.08. The van der Waals surface area contributed by atoms with E-state index in [1.165, 1.54) is 20.5 Å². The first-order valence-electron chi connectivity index (χ1n) is 6.53. The van der Waals surface area contributed by atoms with Crippen molar-refractivity contribution < 1.29 is 19.0 Å². The molecule has 0 aliphatic heterocycles. The third-order valence-corrected chi connectivity index (χ3v) is 2.89. The summed E-state index contributed by atoms with van der Waals surface area (Å²) in [7, 11) is 2.79. The van der Waals surface area contributed by atoms with Gasteiger partial charge in [0, 0.05) is 12.4 Å². The Hall–Kier alpha value is -2.89. The number of nitrogens with zero attached hydrogens (tertiary/aromatic N) is 2. The van der Waals surface area contributed by atoms with E-state index in [4.69, 9.17) is 14.2 Å². The first kappa shape index (κ1) is 15.5. The first-order valence-corrected chi connectivity index (χ1v) is 6.53. The number of hydrogen-bond donors (Lipinski definition) is 0. The Morgan fingerprint density at radius 1 is 1.18 bits per heavy atom. The molecule has 1 aromatic heterocycles. The number of methoxy groups -OCH3 is 2. The number of rotatable bonds is 5. The molecule has 0 amide bonds. The van der Waals surface area contributed by atoms with Gasteiger partial charge in [0.2, 0.25) is 0 Å². The molecule has 0 fully saturated rings. The number of aromatic nitrogens is 2. The van der Waals surface area contributed by atoms with Crippen LogP contribution in [0.15, 0.2) is 42.9 Å². The van der Waals surface area contributed by atoms with Crippen molar-refractivity contribution in [1.29, 1.82) is 0 Å². The van der Waals surface area contributed by atoms with E-state index in [9.17, 15) is 4.79 Å². The van der Waals surface area contributed by atoms with Crippen molar-refractivity contribution in [3.63, 3.8) is 0 Å². The predicted molar refractivity (Wildman–Crippen MR) is 80.3 cm³/mol. The van der Waals surface area contributed by atoms with Crippen LogP contribution < -0.4 is 4.74 Å². The van der Waals surface area contributed by atoms with Gasteiger partial charge in [-0.15, -0.1) is 0 Å². The van der Waals surface area contributed by atoms with Crippen LogP contribution in [0.3, 0.4) is 0 Å². The van der Waals surface area contributed by atoms with E-state index in [-0.39, 0.29) is 6.01 Å². The highest BCUT2D eigenvalue weighted by atomic mass is 16.5. The van der Waals surface area contributed by atoms with Crippen LogP contribution in [-0.4, -0.2) is 30.2 Å². The predicted octanol–water partition coefficient (Wildman–Crippen LogP) is 2.74. The summed E-state index contributed by atoms with van der Waals surface area (Å²) in [5.41, 5.74) is 1.85. The number of ether oxygens (including phenoxy) is 3. The summed E-state index contributed by atoms with van der Waals surface area (Å²) >= 11 is 0. The highest BCUT2D eigenvalue weighted by molar-refractivity contribution is 6.16. The molecule has 0 aliphatic rings. The number of carbonyl (C=O) groups is 1. The Labute approximate surface area is 128 Å². The van der Waals surface area contributed by atoms with E-state index in [1.807, 2.05) is 13.0 Å². The fraction of sp³-hybridized carbons (Fsp3) is 0.188. The lowest BCUT2D eigenvalue weighted by molar-refractivity contribution is -0.133. The molecule has 0 saturated carbocycles. The van der Waals surface area contributed by atoms with Crippen LogP contribution in [-0.2, 0) is 14.3 Å². The third kappa shape index (κ3) is 3.60. The molecule has 0 aliphatic carbocycles. The van der Waals surface area contributed by atoms with Gasteiger partial charge in [0.25, 0.3) is 0 Å². The zero-order valence-corrected chi connectivity index (χ0v) is 12.6. The zero-order chi connectivity index (χ0) is 15.9. The number of benzene rings is 1. The Morgan fingerprint density at radius 2 is 1.91 bits per heavy atom. The van der Waals surface area contributed by atoms with E-state index in [1.54, 1.807) is 30.6 Å². The molecule has 0 saturated heterocycles. The summed E-state index contributed by atoms with van der Waals surface area (Å²) in [6.45, 7) is 1.88. The standard InChI is InChI=1S/C16H16N2O4/c1-11-5-6-12(22-16-17-7-4-8-18-16)9-13(11)14(10-20-2)15(19)21-3/h4-10H,1-3H3/b14-10+. The molecule has 1 aromatic carbocycles. The molecule has 6 heteroatoms. The quantitative estimate of drug-likeness (QED) is 0.480. The molecular formula is C16H16N2O4. The van der Waals surface area contributed by atoms with Gasteiger partial charge in [-0.25, -0.2) is 14.8 Å². The van der Waals surface area contributed by atoms with Crippen molar-refractivity contribution in [1.82, 2.24) is 9.97 Å². The van der Waals surface area contributed by atoms with Gasteiger partial charge >= 0.3 is 12.0 Å². The third-order valence-electron chi connectivity index (χ3n) is 2.89. The lowest BCUT2D eigenvalue weighted by atomic mass is 10.0. The van der Waals surface area contributed by atoms with Crippen LogP contribution in [0.1, 0.15) is 11.1 Å². The molecule has 6 nitrogen and oxygen atoms in total. The normalized spacial score (nSPS) is 11.0. The fourth-order valence-corrected chi connectivity index (χ4v) is 1.85. The highest BCUT2D eigenvalue weighted by Crippen LogP contribution is 2.27. The molecule has 0 bridgehead atoms. The van der Waals surface area contributed by atoms with E-state index in [2.05, 4.69) is 9.97 Å². The van der Waals surface area contributed by atoms with Crippen molar-refractivity contribution in [3.8, 4) is 11.8 Å². The number of carbonyl (C=O) groups excluding carboxylic acids is 1. The molecule has 114 valence electrons. The van der Waals surface area contributed by atoms with Gasteiger partial charge in [-0.2, -0.15) is 0 Å². The molecule has 1 heterocycles. The summed E-state index contributed by atoms with van der Waals surface area (Å²) in [5, 5.41) is 0. The molecule has 0 atom stereocenters. The monoisotopic (exact) mass is 300 g/mol. The minimum atomic E-state index is -0.488. The maximum absolute atomic E-state index is 11.9. The van der Waals surface area contributed by atoms with Crippen molar-refractivity contribution in [2.45, 2.75) is 6.92 Å². The summed E-state index contributed by atoms with van der Waals surface area (Å²) in [6, 6.07) is 7.25. The van der Waals surface area contributed by atoms with Gasteiger partial charge in [0.1, 0.15) is 11.3 Å². The summed E-state index contributed by atoms with van der Waals surface area (Å²) < 4.78 is 15.3. The Bertz CT molecular complexity index is 684. The van der Waals surface area contributed by atoms with Gasteiger partial charge in [-0.3, -0.25) is 0 Å². The van der Waals surface area contributed by atoms with Crippen LogP contribution >= 0.6 is 0 Å². The van der Waals surface area contributed by atoms with Crippen molar-refractivity contribution in [3.05, 3.63) is 54.0 Å². The van der Waals surface area contributed by atoms with E-state index >= 15 is 0 Å². The molecule has 0 radical (unpaired) electrons. The van der Waals surface area contributed by atoms with Gasteiger partial charge in [-0.05, 0) is 36.2 Å². The van der Waals surface area contributed by atoms with Gasteiger partial charge in [0.15, 0.2) is 0 Å². The smallest absolute Gasteiger partial charge is 0.341 e. The van der Waals surface area contributed by atoms with Crippen molar-refractivity contribution in [2.24, 2.45) is 0 Å². The summed E-state index contributed by atoms with van der Waals surface area (Å²) in [5.74, 6) is 0.0239. The molecule has 0 unspecified atom stereocenters. The van der Waals surface area contributed by atoms with Gasteiger partial charge < -0.3 is 14.2 Å². The average Bonchev–Trinajstić information content (AvgIpc) is 2.55. The Morgan fingerprint density at radius 3 is 2.55 bits per heavy atom. The maximum atomic E-state index is 11.9. The highest BCUT2D eigenvalue weighted by Gasteiger charge is 2.16. The van der Waals surface area contributed by atoms with E-state index in [0.29, 0.717) is 16.9 Å². The minimum absolute atomic E-state index is 0.229. The minimum Gasteiger partial charge on any atom is -0.503 e. The number of esters is 1. The topological polar surface area (TPSA) is 70.5 Å². The Balaban J connectivity index is 2.37. The molecular weight excluding hydrogens is 284 g/mol. The van der Waals surface area contributed by atoms with E-state index in [0.717, 1.165) is 5.56 Å². The second-order valence-corrected chi connectivity index (χ2v) is 4.37. The SMILES string of the molecule is CO/C=C(/C(=O)OC)c1cc(Oc2ncccn2)ccc1C. The van der Waals surface area contributed by atoms with Crippen molar-refractivity contribution >= 4 is 11.5 Å². The fourth-order valence-electron chi connectivity index (χ4n) is 1.85. The number of hydrogen-bond acceptors (Lipinski definition) is 6. The first-order chi connectivity index (χ1) is 10.7. The summed E-state index contributed by atoms with van der Waals surface area (Å²) in [6.07, 6.45) is 4.52. The average molecular weight is 300 g/mol. The molecule has 2 rings (SSSR count). The second kappa shape index (κ2) is 7.21. The van der Waals surface area contributed by atoms with Gasteiger partial charge in [-0.1, -0.05) is 6.07 Å². The van der Waals surface area contributed by atoms with Gasteiger partial charge in [0.05, 0.1) is 20.5 Å². The molecule has 2 aromatic rings. The largest absolute Gasteiger partial charge is 0.503 e. The number of aryl methyl sites for hydroxylation is 1. The van der Waals surface area contributed by atoms with Crippen LogP contribution in [0.25, 0.3) is 5.57 Å². The van der Waals surface area contributed by atoms with Crippen molar-refractivity contribution in [2.75, 3.05) is 14.2 Å². The van der Waals surface area contributed by atoms with Crippen LogP contribution in [0.2, 0.25) is 0 Å². The lowest BCUT2D eigenvalue weighted by Gasteiger charge is -2.11. The summed E-state index contributed by atoms with van der Waals surface area (Å²) in [4.78, 5) is 19.9. The van der Waals surface area contributed by atoms with Crippen LogP contribution in [0.4, 0.5) is 0 Å². The molecule has 22 heavy (non-hydrogen) atoms. The second-order valence-electron chi connectivity index (χ2n) is 4.37. The lowest BCUT2D eigenvalue weighted by Crippen LogP contribution is -2.06. The van der Waals surface area contributed by atoms with Crippen LogP contribution in [0, 0.1) is 6.92 Å². The molecule has 0 N–H and O–H groups in total. The van der Waals surface area contributed by atoms with E-state index < -0.39 is 5.97 Å². The zero-order valence-electron chi connectivity index (χ0n) is 12.6. The molecule has 0 spiro atoms. The van der Waals surface area contributed by atoms with Crippen LogP contribution in [0.5, 0.6) is 11.8 Å². The maximum Gasteiger partial charge on any atom is 0.341 e.